The highest BCUT2D eigenvalue weighted by atomic mass is 16.2. The highest BCUT2D eigenvalue weighted by Gasteiger charge is 2.21. The van der Waals surface area contributed by atoms with Crippen molar-refractivity contribution in [2.75, 3.05) is 16.8 Å². The summed E-state index contributed by atoms with van der Waals surface area (Å²) in [6, 6.07) is 12.5. The van der Waals surface area contributed by atoms with E-state index in [0.29, 0.717) is 23.6 Å². The van der Waals surface area contributed by atoms with Crippen LogP contribution in [0.15, 0.2) is 48.7 Å². The number of nitrogens with zero attached hydrogens (tertiary/aromatic N) is 4. The highest BCUT2D eigenvalue weighted by Crippen LogP contribution is 2.22. The minimum absolute atomic E-state index is 0.127. The molecule has 2 aromatic heterocycles. The number of carbonyl (C=O) groups is 2. The molecule has 2 amide bonds. The molecule has 1 aromatic carbocycles. The first-order valence-corrected chi connectivity index (χ1v) is 7.74. The second-order valence-corrected chi connectivity index (χ2v) is 5.60. The van der Waals surface area contributed by atoms with Crippen LogP contribution >= 0.6 is 0 Å². The minimum Gasteiger partial charge on any atom is -0.312 e. The van der Waals surface area contributed by atoms with Crippen LogP contribution < -0.4 is 10.2 Å². The van der Waals surface area contributed by atoms with Gasteiger partial charge in [-0.05, 0) is 42.8 Å². The maximum absolute atomic E-state index is 12.4. The van der Waals surface area contributed by atoms with Gasteiger partial charge in [0.25, 0.3) is 5.91 Å². The fourth-order valence-electron chi connectivity index (χ4n) is 2.81. The van der Waals surface area contributed by atoms with Gasteiger partial charge in [-0.2, -0.15) is 0 Å². The number of anilines is 2. The van der Waals surface area contributed by atoms with Crippen LogP contribution in [0.25, 0.3) is 5.65 Å². The monoisotopic (exact) mass is 321 g/mol. The molecule has 0 radical (unpaired) electrons. The summed E-state index contributed by atoms with van der Waals surface area (Å²) in [6.45, 7) is 0.732. The van der Waals surface area contributed by atoms with Gasteiger partial charge in [0.15, 0.2) is 5.65 Å². The molecule has 0 spiro atoms. The average molecular weight is 321 g/mol. The third-order valence-corrected chi connectivity index (χ3v) is 4.05. The van der Waals surface area contributed by atoms with Crippen LogP contribution in [0.1, 0.15) is 23.2 Å². The molecule has 0 unspecified atom stereocenters. The summed E-state index contributed by atoms with van der Waals surface area (Å²) >= 11 is 0. The molecule has 120 valence electrons. The molecule has 3 aromatic rings. The summed E-state index contributed by atoms with van der Waals surface area (Å²) < 4.78 is 1.70. The number of fused-ring (bicyclic) bond motifs is 1. The normalized spacial score (nSPS) is 14.3. The predicted octanol–water partition coefficient (Wildman–Crippen LogP) is 2.11. The summed E-state index contributed by atoms with van der Waals surface area (Å²) in [7, 11) is 0. The summed E-state index contributed by atoms with van der Waals surface area (Å²) in [5.41, 5.74) is 1.98. The van der Waals surface area contributed by atoms with Gasteiger partial charge in [0.1, 0.15) is 0 Å². The molecular weight excluding hydrogens is 306 g/mol. The second kappa shape index (κ2) is 5.77. The number of carbonyl (C=O) groups excluding carboxylic acids is 2. The smallest absolute Gasteiger partial charge is 0.258 e. The summed E-state index contributed by atoms with van der Waals surface area (Å²) in [6.07, 6.45) is 3.25. The summed E-state index contributed by atoms with van der Waals surface area (Å²) in [4.78, 5) is 25.9. The molecule has 7 heteroatoms. The van der Waals surface area contributed by atoms with Crippen LogP contribution in [0.3, 0.4) is 0 Å². The van der Waals surface area contributed by atoms with Crippen molar-refractivity contribution in [2.24, 2.45) is 0 Å². The van der Waals surface area contributed by atoms with Crippen LogP contribution in [0.2, 0.25) is 0 Å². The molecule has 1 fully saturated rings. The van der Waals surface area contributed by atoms with Crippen molar-refractivity contribution in [1.29, 1.82) is 0 Å². The fraction of sp³-hybridized carbons (Fsp3) is 0.176. The lowest BCUT2D eigenvalue weighted by molar-refractivity contribution is -0.117. The third-order valence-electron chi connectivity index (χ3n) is 4.05. The molecule has 7 nitrogen and oxygen atoms in total. The third kappa shape index (κ3) is 2.50. The fourth-order valence-corrected chi connectivity index (χ4v) is 2.81. The van der Waals surface area contributed by atoms with Crippen molar-refractivity contribution in [3.05, 3.63) is 54.2 Å². The molecule has 0 aliphatic carbocycles. The van der Waals surface area contributed by atoms with Crippen LogP contribution in [0.4, 0.5) is 11.6 Å². The number of benzene rings is 1. The lowest BCUT2D eigenvalue weighted by Gasteiger charge is -2.15. The number of pyridine rings is 1. The maximum atomic E-state index is 12.4. The molecule has 0 saturated carbocycles. The van der Waals surface area contributed by atoms with Gasteiger partial charge in [0.2, 0.25) is 11.9 Å². The number of rotatable bonds is 3. The lowest BCUT2D eigenvalue weighted by atomic mass is 10.2. The van der Waals surface area contributed by atoms with Gasteiger partial charge < -0.3 is 4.90 Å². The van der Waals surface area contributed by atoms with Crippen molar-refractivity contribution in [1.82, 2.24) is 14.6 Å². The Kier molecular flexibility index (Phi) is 3.45. The standard InChI is InChI=1S/C17H15N5O2/c23-15-5-3-11-21(15)13-8-6-12(7-9-13)16(24)18-17-20-19-14-4-1-2-10-22(14)17/h1-2,4,6-10H,3,5,11H2,(H,18,20,24). The van der Waals surface area contributed by atoms with Crippen LogP contribution in [-0.4, -0.2) is 33.0 Å². The molecule has 3 heterocycles. The molecule has 1 aliphatic heterocycles. The summed E-state index contributed by atoms with van der Waals surface area (Å²) in [5.74, 6) is 0.226. The Morgan fingerprint density at radius 3 is 2.67 bits per heavy atom. The zero-order valence-electron chi connectivity index (χ0n) is 12.8. The number of nitrogens with one attached hydrogen (secondary N) is 1. The molecule has 1 N–H and O–H groups in total. The zero-order chi connectivity index (χ0) is 16.5. The van der Waals surface area contributed by atoms with Gasteiger partial charge in [-0.25, -0.2) is 0 Å². The van der Waals surface area contributed by atoms with E-state index in [1.165, 1.54) is 0 Å². The Labute approximate surface area is 137 Å². The lowest BCUT2D eigenvalue weighted by Crippen LogP contribution is -2.23. The van der Waals surface area contributed by atoms with Gasteiger partial charge in [-0.1, -0.05) is 6.07 Å². The second-order valence-electron chi connectivity index (χ2n) is 5.60. The van der Waals surface area contributed by atoms with Crippen molar-refractivity contribution >= 4 is 29.1 Å². The minimum atomic E-state index is -0.271. The van der Waals surface area contributed by atoms with Crippen molar-refractivity contribution in [3.63, 3.8) is 0 Å². The van der Waals surface area contributed by atoms with Gasteiger partial charge in [0, 0.05) is 30.4 Å². The SMILES string of the molecule is O=C(Nc1nnc2ccccn12)c1ccc(N2CCCC2=O)cc1. The van der Waals surface area contributed by atoms with Crippen LogP contribution in [0, 0.1) is 0 Å². The van der Waals surface area contributed by atoms with Gasteiger partial charge >= 0.3 is 0 Å². The molecule has 4 rings (SSSR count). The number of amides is 2. The van der Waals surface area contributed by atoms with Crippen LogP contribution in [0.5, 0.6) is 0 Å². The van der Waals surface area contributed by atoms with Gasteiger partial charge in [-0.3, -0.25) is 19.3 Å². The average Bonchev–Trinajstić information content (AvgIpc) is 3.22. The van der Waals surface area contributed by atoms with E-state index in [1.54, 1.807) is 39.8 Å². The quantitative estimate of drug-likeness (QED) is 0.801. The molecule has 1 aliphatic rings. The van der Waals surface area contributed by atoms with Crippen molar-refractivity contribution < 1.29 is 9.59 Å². The van der Waals surface area contributed by atoms with E-state index in [9.17, 15) is 9.59 Å². The number of hydrogen-bond donors (Lipinski definition) is 1. The first kappa shape index (κ1) is 14.4. The highest BCUT2D eigenvalue weighted by molar-refractivity contribution is 6.04. The Morgan fingerprint density at radius 2 is 1.92 bits per heavy atom. The molecule has 24 heavy (non-hydrogen) atoms. The molecular formula is C17H15N5O2. The van der Waals surface area contributed by atoms with Gasteiger partial charge in [-0.15, -0.1) is 10.2 Å². The number of aromatic nitrogens is 3. The van der Waals surface area contributed by atoms with E-state index >= 15 is 0 Å². The first-order valence-electron chi connectivity index (χ1n) is 7.74. The summed E-state index contributed by atoms with van der Waals surface area (Å²) in [5, 5.41) is 10.7. The molecule has 1 saturated heterocycles. The predicted molar refractivity (Wildman–Crippen MR) is 89.0 cm³/mol. The maximum Gasteiger partial charge on any atom is 0.258 e. The Balaban J connectivity index is 1.53. The van der Waals surface area contributed by atoms with Crippen LogP contribution in [-0.2, 0) is 4.79 Å². The molecule has 0 atom stereocenters. The Morgan fingerprint density at radius 1 is 1.08 bits per heavy atom. The Bertz CT molecular complexity index is 916. The van der Waals surface area contributed by atoms with E-state index in [0.717, 1.165) is 18.7 Å². The topological polar surface area (TPSA) is 79.6 Å². The zero-order valence-corrected chi connectivity index (χ0v) is 12.8. The van der Waals surface area contributed by atoms with Crippen molar-refractivity contribution in [3.8, 4) is 0 Å². The van der Waals surface area contributed by atoms with E-state index in [-0.39, 0.29) is 11.8 Å². The van der Waals surface area contributed by atoms with E-state index < -0.39 is 0 Å². The first-order chi connectivity index (χ1) is 11.7. The van der Waals surface area contributed by atoms with Crippen molar-refractivity contribution in [2.45, 2.75) is 12.8 Å². The van der Waals surface area contributed by atoms with E-state index in [4.69, 9.17) is 0 Å². The van der Waals surface area contributed by atoms with Gasteiger partial charge in [0.05, 0.1) is 0 Å². The Hall–Kier alpha value is -3.22. The molecule has 0 bridgehead atoms. The van der Waals surface area contributed by atoms with E-state index in [2.05, 4.69) is 15.5 Å². The largest absolute Gasteiger partial charge is 0.312 e. The van der Waals surface area contributed by atoms with E-state index in [1.807, 2.05) is 18.2 Å². The number of hydrogen-bond acceptors (Lipinski definition) is 4.